The molecule has 1 nitrogen and oxygen atoms in total. The Hall–Kier alpha value is -0.560. The topological polar surface area (TPSA) is 9.23 Å². The molecule has 0 saturated heterocycles. The van der Waals surface area contributed by atoms with Crippen LogP contribution in [0.5, 0.6) is 0 Å². The Morgan fingerprint density at radius 3 is 3.00 bits per heavy atom. The van der Waals surface area contributed by atoms with Crippen LogP contribution in [0.4, 0.5) is 0 Å². The molecule has 0 amide bonds. The monoisotopic (exact) mass is 136 g/mol. The molecule has 0 N–H and O–H groups in total. The third kappa shape index (κ3) is 1.14. The highest BCUT2D eigenvalue weighted by molar-refractivity contribution is 5.06. The van der Waals surface area contributed by atoms with Crippen LogP contribution in [0.1, 0.15) is 19.3 Å². The van der Waals surface area contributed by atoms with E-state index in [1.54, 1.807) is 0 Å². The summed E-state index contributed by atoms with van der Waals surface area (Å²) in [5.74, 6) is 0. The fraction of sp³-hybridized carbons (Fsp3) is 0.556. The number of fused-ring (bicyclic) bond motifs is 2. The van der Waals surface area contributed by atoms with Gasteiger partial charge in [-0.15, -0.1) is 0 Å². The summed E-state index contributed by atoms with van der Waals surface area (Å²) < 4.78 is 5.64. The van der Waals surface area contributed by atoms with Crippen molar-refractivity contribution in [3.63, 3.8) is 0 Å². The number of allylic oxidation sites excluding steroid dienone is 1. The van der Waals surface area contributed by atoms with E-state index in [1.807, 2.05) is 0 Å². The Labute approximate surface area is 61.4 Å². The standard InChI is InChI=1S/C9H12O/c1-2-4-8-6-7-9(10-8)5-3-1/h1-2,6-9H,3-5H2/b2-1-/t8-,9+/m1/s1. The number of hydrogen-bond donors (Lipinski definition) is 0. The van der Waals surface area contributed by atoms with Gasteiger partial charge in [0.15, 0.2) is 0 Å². The van der Waals surface area contributed by atoms with E-state index in [1.165, 1.54) is 6.42 Å². The van der Waals surface area contributed by atoms with Gasteiger partial charge in [-0.2, -0.15) is 0 Å². The zero-order valence-electron chi connectivity index (χ0n) is 5.99. The minimum Gasteiger partial charge on any atom is -0.367 e. The lowest BCUT2D eigenvalue weighted by Crippen LogP contribution is -2.12. The van der Waals surface area contributed by atoms with Gasteiger partial charge >= 0.3 is 0 Å². The fourth-order valence-corrected chi connectivity index (χ4v) is 1.47. The van der Waals surface area contributed by atoms with E-state index in [0.717, 1.165) is 12.8 Å². The number of hydrogen-bond acceptors (Lipinski definition) is 1. The molecule has 2 rings (SSSR count). The van der Waals surface area contributed by atoms with E-state index in [9.17, 15) is 0 Å². The first-order valence-corrected chi connectivity index (χ1v) is 3.94. The van der Waals surface area contributed by atoms with Gasteiger partial charge in [-0.3, -0.25) is 0 Å². The fourth-order valence-electron chi connectivity index (χ4n) is 1.47. The Kier molecular flexibility index (Phi) is 1.60. The normalized spacial score (nSPS) is 40.8. The number of ether oxygens (including phenoxy) is 1. The van der Waals surface area contributed by atoms with Gasteiger partial charge in [0, 0.05) is 0 Å². The molecule has 10 heavy (non-hydrogen) atoms. The summed E-state index contributed by atoms with van der Waals surface area (Å²) in [6, 6.07) is 0. The van der Waals surface area contributed by atoms with Crippen LogP contribution in [0, 0.1) is 0 Å². The molecule has 0 aromatic carbocycles. The maximum atomic E-state index is 5.64. The lowest BCUT2D eigenvalue weighted by Gasteiger charge is -2.13. The van der Waals surface area contributed by atoms with Gasteiger partial charge in [0.1, 0.15) is 0 Å². The van der Waals surface area contributed by atoms with Crippen LogP contribution in [0.15, 0.2) is 24.3 Å². The van der Waals surface area contributed by atoms with E-state index in [4.69, 9.17) is 4.74 Å². The van der Waals surface area contributed by atoms with E-state index in [2.05, 4.69) is 24.3 Å². The van der Waals surface area contributed by atoms with Crippen molar-refractivity contribution in [1.29, 1.82) is 0 Å². The maximum Gasteiger partial charge on any atom is 0.0799 e. The maximum absolute atomic E-state index is 5.64. The third-order valence-electron chi connectivity index (χ3n) is 2.04. The molecule has 2 aliphatic heterocycles. The molecule has 0 spiro atoms. The van der Waals surface area contributed by atoms with Crippen molar-refractivity contribution < 1.29 is 4.74 Å². The zero-order valence-corrected chi connectivity index (χ0v) is 5.99. The van der Waals surface area contributed by atoms with Crippen molar-refractivity contribution in [2.45, 2.75) is 31.5 Å². The predicted molar refractivity (Wildman–Crippen MR) is 40.8 cm³/mol. The molecule has 1 heteroatoms. The average molecular weight is 136 g/mol. The molecular formula is C9H12O. The molecule has 2 aliphatic rings. The highest BCUT2D eigenvalue weighted by Gasteiger charge is 2.18. The van der Waals surface area contributed by atoms with E-state index < -0.39 is 0 Å². The van der Waals surface area contributed by atoms with Crippen LogP contribution < -0.4 is 0 Å². The van der Waals surface area contributed by atoms with Gasteiger partial charge in [0.05, 0.1) is 12.2 Å². The van der Waals surface area contributed by atoms with E-state index >= 15 is 0 Å². The predicted octanol–water partition coefficient (Wildman–Crippen LogP) is 2.05. The second kappa shape index (κ2) is 2.59. The summed E-state index contributed by atoms with van der Waals surface area (Å²) in [5, 5.41) is 0. The van der Waals surface area contributed by atoms with Crippen molar-refractivity contribution in [3.8, 4) is 0 Å². The molecule has 0 unspecified atom stereocenters. The van der Waals surface area contributed by atoms with Crippen molar-refractivity contribution in [2.24, 2.45) is 0 Å². The van der Waals surface area contributed by atoms with Gasteiger partial charge < -0.3 is 4.74 Å². The first kappa shape index (κ1) is 6.17. The van der Waals surface area contributed by atoms with Crippen LogP contribution in [0.25, 0.3) is 0 Å². The highest BCUT2D eigenvalue weighted by Crippen LogP contribution is 2.20. The molecule has 0 saturated carbocycles. The first-order valence-electron chi connectivity index (χ1n) is 3.94. The van der Waals surface area contributed by atoms with Crippen LogP contribution in [-0.4, -0.2) is 12.2 Å². The molecule has 0 aromatic rings. The SMILES string of the molecule is C1=C[C@H]2C/C=C\CC[C@@H]1O2. The molecule has 0 aromatic heterocycles. The smallest absolute Gasteiger partial charge is 0.0799 e. The summed E-state index contributed by atoms with van der Waals surface area (Å²) in [6.45, 7) is 0. The summed E-state index contributed by atoms with van der Waals surface area (Å²) >= 11 is 0. The van der Waals surface area contributed by atoms with Crippen LogP contribution in [0.3, 0.4) is 0 Å². The van der Waals surface area contributed by atoms with Crippen molar-refractivity contribution in [3.05, 3.63) is 24.3 Å². The van der Waals surface area contributed by atoms with E-state index in [-0.39, 0.29) is 0 Å². The summed E-state index contributed by atoms with van der Waals surface area (Å²) in [6.07, 6.45) is 13.0. The van der Waals surface area contributed by atoms with Crippen molar-refractivity contribution in [2.75, 3.05) is 0 Å². The second-order valence-electron chi connectivity index (χ2n) is 2.88. The molecule has 2 bridgehead atoms. The van der Waals surface area contributed by atoms with Crippen LogP contribution in [0.2, 0.25) is 0 Å². The Balaban J connectivity index is 2.08. The molecule has 54 valence electrons. The Morgan fingerprint density at radius 2 is 2.00 bits per heavy atom. The molecule has 0 radical (unpaired) electrons. The minimum atomic E-state index is 0.376. The van der Waals surface area contributed by atoms with E-state index in [0.29, 0.717) is 12.2 Å². The van der Waals surface area contributed by atoms with Crippen molar-refractivity contribution in [1.82, 2.24) is 0 Å². The average Bonchev–Trinajstić information content (AvgIpc) is 2.30. The Bertz CT molecular complexity index is 170. The second-order valence-corrected chi connectivity index (χ2v) is 2.88. The largest absolute Gasteiger partial charge is 0.367 e. The van der Waals surface area contributed by atoms with Crippen molar-refractivity contribution >= 4 is 0 Å². The van der Waals surface area contributed by atoms with Gasteiger partial charge in [-0.05, 0) is 19.3 Å². The lowest BCUT2D eigenvalue weighted by molar-refractivity contribution is 0.0564. The van der Waals surface area contributed by atoms with Gasteiger partial charge in [-0.25, -0.2) is 0 Å². The highest BCUT2D eigenvalue weighted by atomic mass is 16.5. The van der Waals surface area contributed by atoms with Crippen LogP contribution in [-0.2, 0) is 4.74 Å². The van der Waals surface area contributed by atoms with Gasteiger partial charge in [0.25, 0.3) is 0 Å². The summed E-state index contributed by atoms with van der Waals surface area (Å²) in [5.41, 5.74) is 0. The van der Waals surface area contributed by atoms with Gasteiger partial charge in [-0.1, -0.05) is 24.3 Å². The molecule has 2 heterocycles. The third-order valence-corrected chi connectivity index (χ3v) is 2.04. The quantitative estimate of drug-likeness (QED) is 0.463. The lowest BCUT2D eigenvalue weighted by atomic mass is 10.2. The first-order chi connectivity index (χ1) is 4.95. The molecule has 0 aliphatic carbocycles. The van der Waals surface area contributed by atoms with Crippen LogP contribution >= 0.6 is 0 Å². The molecule has 2 atom stereocenters. The molecular weight excluding hydrogens is 124 g/mol. The molecule has 0 fully saturated rings. The zero-order chi connectivity index (χ0) is 6.81. The summed E-state index contributed by atoms with van der Waals surface area (Å²) in [7, 11) is 0. The minimum absolute atomic E-state index is 0.376. The number of rotatable bonds is 0. The van der Waals surface area contributed by atoms with Gasteiger partial charge in [0.2, 0.25) is 0 Å². The summed E-state index contributed by atoms with van der Waals surface area (Å²) in [4.78, 5) is 0. The Morgan fingerprint density at radius 1 is 1.10 bits per heavy atom.